The number of carbonyl (C=O) groups is 1. The molecule has 3 N–H and O–H groups in total. The van der Waals surface area contributed by atoms with E-state index >= 15 is 0 Å². The summed E-state index contributed by atoms with van der Waals surface area (Å²) in [6, 6.07) is 6.54. The third-order valence-corrected chi connectivity index (χ3v) is 4.12. The third-order valence-electron chi connectivity index (χ3n) is 2.64. The van der Waals surface area contributed by atoms with Gasteiger partial charge in [0.1, 0.15) is 0 Å². The van der Waals surface area contributed by atoms with Crippen LogP contribution in [-0.2, 0) is 14.8 Å². The fourth-order valence-corrected chi connectivity index (χ4v) is 2.76. The number of amides is 1. The minimum absolute atomic E-state index is 0.0488. The highest BCUT2D eigenvalue weighted by atomic mass is 32.2. The molecule has 0 unspecified atom stereocenters. The van der Waals surface area contributed by atoms with Crippen molar-refractivity contribution in [3.05, 3.63) is 24.3 Å². The van der Waals surface area contributed by atoms with E-state index in [-0.39, 0.29) is 29.8 Å². The van der Waals surface area contributed by atoms with Gasteiger partial charge in [0.05, 0.1) is 4.90 Å². The molecule has 0 radical (unpaired) electrons. The molecule has 0 heterocycles. The van der Waals surface area contributed by atoms with E-state index in [0.717, 1.165) is 12.2 Å². The molecule has 118 valence electrons. The Morgan fingerprint density at radius 2 is 1.81 bits per heavy atom. The molecule has 0 fully saturated rings. The molecule has 0 aliphatic rings. The number of anilines is 1. The molecular formula is C14H23N3O3S. The Bertz CT molecular complexity index is 553. The number of rotatable bonds is 8. The zero-order valence-corrected chi connectivity index (χ0v) is 13.5. The minimum Gasteiger partial charge on any atom is -0.385 e. The fraction of sp³-hybridized carbons (Fsp3) is 0.500. The van der Waals surface area contributed by atoms with Crippen molar-refractivity contribution in [3.63, 3.8) is 0 Å². The lowest BCUT2D eigenvalue weighted by molar-refractivity contribution is -0.121. The molecule has 0 saturated heterocycles. The predicted molar refractivity (Wildman–Crippen MR) is 83.7 cm³/mol. The van der Waals surface area contributed by atoms with E-state index in [4.69, 9.17) is 0 Å². The van der Waals surface area contributed by atoms with Gasteiger partial charge < -0.3 is 10.6 Å². The highest BCUT2D eigenvalue weighted by Gasteiger charge is 2.14. The molecule has 1 aromatic rings. The molecular weight excluding hydrogens is 290 g/mol. The quantitative estimate of drug-likeness (QED) is 0.675. The van der Waals surface area contributed by atoms with Gasteiger partial charge in [-0.05, 0) is 45.0 Å². The maximum atomic E-state index is 12.0. The van der Waals surface area contributed by atoms with Crippen molar-refractivity contribution in [2.75, 3.05) is 18.4 Å². The minimum atomic E-state index is -3.57. The molecule has 1 rings (SSSR count). The van der Waals surface area contributed by atoms with Crippen LogP contribution in [0.2, 0.25) is 0 Å². The van der Waals surface area contributed by atoms with Crippen LogP contribution in [0.25, 0.3) is 0 Å². The molecule has 0 aromatic heterocycles. The molecule has 0 aliphatic carbocycles. The summed E-state index contributed by atoms with van der Waals surface area (Å²) in [5.74, 6) is -0.171. The predicted octanol–water partition coefficient (Wildman–Crippen LogP) is 1.31. The summed E-state index contributed by atoms with van der Waals surface area (Å²) in [7, 11) is -3.57. The second-order valence-electron chi connectivity index (χ2n) is 4.92. The zero-order chi connectivity index (χ0) is 15.9. The Morgan fingerprint density at radius 3 is 2.33 bits per heavy atom. The SMILES string of the molecule is CCNc1ccc(S(=O)(=O)NCCC(=O)NC(C)C)cc1. The van der Waals surface area contributed by atoms with Gasteiger partial charge in [-0.15, -0.1) is 0 Å². The Labute approximate surface area is 126 Å². The van der Waals surface area contributed by atoms with Crippen molar-refractivity contribution in [2.45, 2.75) is 38.1 Å². The van der Waals surface area contributed by atoms with E-state index in [1.54, 1.807) is 12.1 Å². The van der Waals surface area contributed by atoms with E-state index in [1.807, 2.05) is 20.8 Å². The first-order chi connectivity index (χ1) is 9.85. The van der Waals surface area contributed by atoms with Gasteiger partial charge in [-0.2, -0.15) is 0 Å². The standard InChI is InChI=1S/C14H23N3O3S/c1-4-15-12-5-7-13(8-6-12)21(19,20)16-10-9-14(18)17-11(2)3/h5-8,11,15-16H,4,9-10H2,1-3H3,(H,17,18). The largest absolute Gasteiger partial charge is 0.385 e. The van der Waals surface area contributed by atoms with Crippen molar-refractivity contribution < 1.29 is 13.2 Å². The summed E-state index contributed by atoms with van der Waals surface area (Å²) < 4.78 is 26.5. The summed E-state index contributed by atoms with van der Waals surface area (Å²) in [5, 5.41) is 5.80. The van der Waals surface area contributed by atoms with Crippen LogP contribution < -0.4 is 15.4 Å². The summed E-state index contributed by atoms with van der Waals surface area (Å²) in [6.07, 6.45) is 0.118. The van der Waals surface area contributed by atoms with Crippen LogP contribution in [-0.4, -0.2) is 33.5 Å². The molecule has 6 nitrogen and oxygen atoms in total. The number of hydrogen-bond acceptors (Lipinski definition) is 4. The van der Waals surface area contributed by atoms with E-state index < -0.39 is 10.0 Å². The molecule has 7 heteroatoms. The Hall–Kier alpha value is -1.60. The highest BCUT2D eigenvalue weighted by molar-refractivity contribution is 7.89. The Morgan fingerprint density at radius 1 is 1.19 bits per heavy atom. The first-order valence-corrected chi connectivity index (χ1v) is 8.46. The molecule has 0 aliphatic heterocycles. The Kier molecular flexibility index (Phi) is 6.64. The molecule has 21 heavy (non-hydrogen) atoms. The maximum Gasteiger partial charge on any atom is 0.240 e. The fourth-order valence-electron chi connectivity index (χ4n) is 1.73. The van der Waals surface area contributed by atoms with Crippen LogP contribution in [0.1, 0.15) is 27.2 Å². The van der Waals surface area contributed by atoms with Gasteiger partial charge in [0.2, 0.25) is 15.9 Å². The zero-order valence-electron chi connectivity index (χ0n) is 12.6. The smallest absolute Gasteiger partial charge is 0.240 e. The number of benzene rings is 1. The van der Waals surface area contributed by atoms with Crippen molar-refractivity contribution in [3.8, 4) is 0 Å². The highest BCUT2D eigenvalue weighted by Crippen LogP contribution is 2.13. The molecule has 1 amide bonds. The van der Waals surface area contributed by atoms with Crippen molar-refractivity contribution >= 4 is 21.6 Å². The average Bonchev–Trinajstić information content (AvgIpc) is 2.38. The van der Waals surface area contributed by atoms with Crippen molar-refractivity contribution in [1.82, 2.24) is 10.0 Å². The van der Waals surface area contributed by atoms with Gasteiger partial charge in [-0.1, -0.05) is 0 Å². The number of hydrogen-bond donors (Lipinski definition) is 3. The van der Waals surface area contributed by atoms with Gasteiger partial charge >= 0.3 is 0 Å². The molecule has 1 aromatic carbocycles. The summed E-state index contributed by atoms with van der Waals surface area (Å²) in [6.45, 7) is 6.53. The summed E-state index contributed by atoms with van der Waals surface area (Å²) in [5.41, 5.74) is 0.868. The van der Waals surface area contributed by atoms with Gasteiger partial charge in [-0.25, -0.2) is 13.1 Å². The molecule has 0 atom stereocenters. The van der Waals surface area contributed by atoms with Crippen molar-refractivity contribution in [1.29, 1.82) is 0 Å². The lowest BCUT2D eigenvalue weighted by atomic mass is 10.3. The average molecular weight is 313 g/mol. The van der Waals surface area contributed by atoms with Crippen LogP contribution in [0.5, 0.6) is 0 Å². The number of nitrogens with one attached hydrogen (secondary N) is 3. The van der Waals surface area contributed by atoms with E-state index in [2.05, 4.69) is 15.4 Å². The first kappa shape index (κ1) is 17.5. The normalized spacial score (nSPS) is 11.4. The van der Waals surface area contributed by atoms with Gasteiger partial charge in [0, 0.05) is 31.2 Å². The van der Waals surface area contributed by atoms with Gasteiger partial charge in [-0.3, -0.25) is 4.79 Å². The van der Waals surface area contributed by atoms with Crippen LogP contribution >= 0.6 is 0 Å². The lowest BCUT2D eigenvalue weighted by Gasteiger charge is -2.10. The third kappa shape index (κ3) is 6.14. The van der Waals surface area contributed by atoms with Crippen LogP contribution in [0.15, 0.2) is 29.2 Å². The summed E-state index contributed by atoms with van der Waals surface area (Å²) >= 11 is 0. The maximum absolute atomic E-state index is 12.0. The molecule has 0 bridgehead atoms. The van der Waals surface area contributed by atoms with Crippen molar-refractivity contribution in [2.24, 2.45) is 0 Å². The second-order valence-corrected chi connectivity index (χ2v) is 6.69. The number of carbonyl (C=O) groups excluding carboxylic acids is 1. The number of sulfonamides is 1. The monoisotopic (exact) mass is 313 g/mol. The van der Waals surface area contributed by atoms with Crippen LogP contribution in [0.3, 0.4) is 0 Å². The lowest BCUT2D eigenvalue weighted by Crippen LogP contribution is -2.34. The second kappa shape index (κ2) is 7.99. The van der Waals surface area contributed by atoms with E-state index in [1.165, 1.54) is 12.1 Å². The van der Waals surface area contributed by atoms with Crippen LogP contribution in [0.4, 0.5) is 5.69 Å². The molecule has 0 saturated carbocycles. The van der Waals surface area contributed by atoms with Crippen LogP contribution in [0, 0.1) is 0 Å². The summed E-state index contributed by atoms with van der Waals surface area (Å²) in [4.78, 5) is 11.6. The molecule has 0 spiro atoms. The van der Waals surface area contributed by atoms with Gasteiger partial charge in [0.25, 0.3) is 0 Å². The topological polar surface area (TPSA) is 87.3 Å². The first-order valence-electron chi connectivity index (χ1n) is 6.98. The van der Waals surface area contributed by atoms with E-state index in [0.29, 0.717) is 0 Å². The van der Waals surface area contributed by atoms with Gasteiger partial charge in [0.15, 0.2) is 0 Å². The van der Waals surface area contributed by atoms with E-state index in [9.17, 15) is 13.2 Å². The Balaban J connectivity index is 2.55.